The largest absolute Gasteiger partial charge is 0.369 e. The molecule has 2 aromatic carbocycles. The lowest BCUT2D eigenvalue weighted by molar-refractivity contribution is -0.113. The molecule has 0 unspecified atom stereocenters. The van der Waals surface area contributed by atoms with E-state index in [9.17, 15) is 9.18 Å². The molecule has 0 radical (unpaired) electrons. The number of halogens is 1. The van der Waals surface area contributed by atoms with Crippen LogP contribution >= 0.6 is 0 Å². The SMILES string of the molecule is CCCC/C=C1\NC(C2=C(NCCN3CCCC3)N(c3ccccc3F)CC2=O)=Nc2ccccc21. The monoisotopic (exact) mass is 487 g/mol. The lowest BCUT2D eigenvalue weighted by Crippen LogP contribution is -2.36. The molecule has 1 fully saturated rings. The summed E-state index contributed by atoms with van der Waals surface area (Å²) in [7, 11) is 0. The molecule has 1 saturated heterocycles. The summed E-state index contributed by atoms with van der Waals surface area (Å²) in [5, 5.41) is 6.94. The van der Waals surface area contributed by atoms with Crippen molar-refractivity contribution in [2.45, 2.75) is 39.0 Å². The molecule has 2 N–H and O–H groups in total. The van der Waals surface area contributed by atoms with Gasteiger partial charge in [0, 0.05) is 24.4 Å². The number of hydrogen-bond donors (Lipinski definition) is 2. The third kappa shape index (κ3) is 5.07. The third-order valence-electron chi connectivity index (χ3n) is 6.97. The molecule has 3 aliphatic rings. The summed E-state index contributed by atoms with van der Waals surface area (Å²) in [4.78, 5) is 22.5. The maximum atomic E-state index is 14.8. The molecule has 0 atom stereocenters. The number of allylic oxidation sites excluding steroid dienone is 1. The number of carbonyl (C=O) groups excluding carboxylic acids is 1. The number of carbonyl (C=O) groups is 1. The predicted molar refractivity (Wildman–Crippen MR) is 144 cm³/mol. The van der Waals surface area contributed by atoms with E-state index in [1.54, 1.807) is 23.1 Å². The number of amidine groups is 1. The highest BCUT2D eigenvalue weighted by molar-refractivity contribution is 6.28. The third-order valence-corrected chi connectivity index (χ3v) is 6.97. The molecule has 0 aliphatic carbocycles. The Hall–Kier alpha value is -3.45. The van der Waals surface area contributed by atoms with Crippen LogP contribution in [0.25, 0.3) is 5.70 Å². The second-order valence-electron chi connectivity index (χ2n) is 9.52. The Morgan fingerprint density at radius 1 is 1.11 bits per heavy atom. The number of fused-ring (bicyclic) bond motifs is 1. The summed E-state index contributed by atoms with van der Waals surface area (Å²) >= 11 is 0. The van der Waals surface area contributed by atoms with Crippen molar-refractivity contribution < 1.29 is 9.18 Å². The van der Waals surface area contributed by atoms with E-state index in [0.29, 0.717) is 29.5 Å². The fraction of sp³-hybridized carbons (Fsp3) is 0.379. The Kier molecular flexibility index (Phi) is 7.47. The van der Waals surface area contributed by atoms with E-state index in [-0.39, 0.29) is 18.1 Å². The first kappa shape index (κ1) is 24.3. The van der Waals surface area contributed by atoms with Crippen molar-refractivity contribution >= 4 is 28.7 Å². The molecule has 3 aliphatic heterocycles. The van der Waals surface area contributed by atoms with Gasteiger partial charge in [-0.3, -0.25) is 4.79 Å². The lowest BCUT2D eigenvalue weighted by atomic mass is 10.0. The summed E-state index contributed by atoms with van der Waals surface area (Å²) in [5.41, 5.74) is 3.69. The number of rotatable bonds is 9. The minimum atomic E-state index is -0.352. The van der Waals surface area contributed by atoms with Crippen LogP contribution in [0.2, 0.25) is 0 Å². The van der Waals surface area contributed by atoms with E-state index >= 15 is 0 Å². The zero-order valence-electron chi connectivity index (χ0n) is 20.9. The van der Waals surface area contributed by atoms with E-state index < -0.39 is 0 Å². The van der Waals surface area contributed by atoms with Crippen LogP contribution in [0.4, 0.5) is 15.8 Å². The van der Waals surface area contributed by atoms with E-state index in [0.717, 1.165) is 55.8 Å². The average Bonchev–Trinajstić information content (AvgIpc) is 3.52. The van der Waals surface area contributed by atoms with Gasteiger partial charge in [0.1, 0.15) is 23.0 Å². The fourth-order valence-corrected chi connectivity index (χ4v) is 5.08. The zero-order chi connectivity index (χ0) is 24.9. The van der Waals surface area contributed by atoms with Crippen molar-refractivity contribution in [2.75, 3.05) is 37.6 Å². The van der Waals surface area contributed by atoms with Crippen molar-refractivity contribution in [3.8, 4) is 0 Å². The number of Topliss-reactive ketones (excluding diaryl/α,β-unsaturated/α-hetero) is 1. The molecule has 188 valence electrons. The second kappa shape index (κ2) is 11.1. The van der Waals surface area contributed by atoms with Crippen LogP contribution in [0, 0.1) is 5.82 Å². The smallest absolute Gasteiger partial charge is 0.189 e. The number of para-hydroxylation sites is 2. The molecule has 0 saturated carbocycles. The van der Waals surface area contributed by atoms with Gasteiger partial charge in [-0.15, -0.1) is 0 Å². The summed E-state index contributed by atoms with van der Waals surface area (Å²) in [6, 6.07) is 14.6. The molecule has 5 rings (SSSR count). The van der Waals surface area contributed by atoms with Crippen LogP contribution in [0.3, 0.4) is 0 Å². The first-order valence-corrected chi connectivity index (χ1v) is 13.1. The van der Waals surface area contributed by atoms with Gasteiger partial charge in [0.15, 0.2) is 5.78 Å². The summed E-state index contributed by atoms with van der Waals surface area (Å²) in [5.74, 6) is 0.696. The molecule has 0 aromatic heterocycles. The van der Waals surface area contributed by atoms with Gasteiger partial charge in [0.2, 0.25) is 0 Å². The van der Waals surface area contributed by atoms with Gasteiger partial charge in [-0.2, -0.15) is 0 Å². The highest BCUT2D eigenvalue weighted by Crippen LogP contribution is 2.34. The number of nitrogens with one attached hydrogen (secondary N) is 2. The number of unbranched alkanes of at least 4 members (excludes halogenated alkanes) is 2. The minimum Gasteiger partial charge on any atom is -0.369 e. The molecule has 0 bridgehead atoms. The number of ketones is 1. The predicted octanol–water partition coefficient (Wildman–Crippen LogP) is 4.98. The Labute approximate surface area is 212 Å². The van der Waals surface area contributed by atoms with Gasteiger partial charge >= 0.3 is 0 Å². The molecule has 0 spiro atoms. The highest BCUT2D eigenvalue weighted by atomic mass is 19.1. The number of aliphatic imine (C=N–C) groups is 1. The lowest BCUT2D eigenvalue weighted by Gasteiger charge is -2.26. The molecule has 3 heterocycles. The topological polar surface area (TPSA) is 60.0 Å². The summed E-state index contributed by atoms with van der Waals surface area (Å²) in [6.07, 6.45) is 7.77. The van der Waals surface area contributed by atoms with E-state index in [1.807, 2.05) is 24.3 Å². The quantitative estimate of drug-likeness (QED) is 0.489. The van der Waals surface area contributed by atoms with Crippen molar-refractivity contribution in [3.05, 3.63) is 77.4 Å². The molecule has 2 aromatic rings. The molecule has 7 heteroatoms. The Balaban J connectivity index is 1.53. The van der Waals surface area contributed by atoms with E-state index in [1.165, 1.54) is 18.9 Å². The Morgan fingerprint density at radius 2 is 1.89 bits per heavy atom. The zero-order valence-corrected chi connectivity index (χ0v) is 20.9. The van der Waals surface area contributed by atoms with Gasteiger partial charge in [-0.1, -0.05) is 49.8 Å². The van der Waals surface area contributed by atoms with Crippen molar-refractivity contribution in [1.82, 2.24) is 15.5 Å². The highest BCUT2D eigenvalue weighted by Gasteiger charge is 2.36. The number of benzene rings is 2. The molecule has 6 nitrogen and oxygen atoms in total. The van der Waals surface area contributed by atoms with Gasteiger partial charge in [-0.25, -0.2) is 9.38 Å². The second-order valence-corrected chi connectivity index (χ2v) is 9.52. The van der Waals surface area contributed by atoms with Crippen molar-refractivity contribution in [2.24, 2.45) is 4.99 Å². The van der Waals surface area contributed by atoms with E-state index in [4.69, 9.17) is 4.99 Å². The maximum absolute atomic E-state index is 14.8. The first-order chi connectivity index (χ1) is 17.7. The van der Waals surface area contributed by atoms with Gasteiger partial charge in [0.25, 0.3) is 0 Å². The first-order valence-electron chi connectivity index (χ1n) is 13.1. The minimum absolute atomic E-state index is 0.0690. The van der Waals surface area contributed by atoms with Crippen LogP contribution in [0.15, 0.2) is 71.0 Å². The fourth-order valence-electron chi connectivity index (χ4n) is 5.08. The summed E-state index contributed by atoms with van der Waals surface area (Å²) < 4.78 is 14.8. The number of likely N-dealkylation sites (tertiary alicyclic amines) is 1. The molecule has 36 heavy (non-hydrogen) atoms. The molecular weight excluding hydrogens is 453 g/mol. The average molecular weight is 488 g/mol. The van der Waals surface area contributed by atoms with Crippen LogP contribution in [-0.2, 0) is 4.79 Å². The number of anilines is 1. The maximum Gasteiger partial charge on any atom is 0.189 e. The van der Waals surface area contributed by atoms with Crippen LogP contribution in [0.1, 0.15) is 44.6 Å². The van der Waals surface area contributed by atoms with Crippen LogP contribution < -0.4 is 15.5 Å². The van der Waals surface area contributed by atoms with Gasteiger partial charge in [0.05, 0.1) is 17.9 Å². The van der Waals surface area contributed by atoms with E-state index in [2.05, 4.69) is 28.5 Å². The summed E-state index contributed by atoms with van der Waals surface area (Å²) in [6.45, 7) is 5.98. The van der Waals surface area contributed by atoms with Crippen molar-refractivity contribution in [3.63, 3.8) is 0 Å². The normalized spacial score (nSPS) is 19.1. The van der Waals surface area contributed by atoms with Gasteiger partial charge < -0.3 is 20.4 Å². The molecule has 0 amide bonds. The number of hydrogen-bond acceptors (Lipinski definition) is 6. The Morgan fingerprint density at radius 3 is 2.69 bits per heavy atom. The number of nitrogens with zero attached hydrogens (tertiary/aromatic N) is 3. The van der Waals surface area contributed by atoms with Crippen LogP contribution in [0.5, 0.6) is 0 Å². The van der Waals surface area contributed by atoms with Crippen molar-refractivity contribution in [1.29, 1.82) is 0 Å². The Bertz CT molecular complexity index is 1210. The standard InChI is InChI=1S/C29H34FN5O/c1-2-3-4-13-23-21-11-5-7-14-24(21)33-28(32-23)27-26(36)20-35(25-15-8-6-12-22(25)30)29(27)31-16-19-34-17-9-10-18-34/h5-8,11-15,31H,2-4,9-10,16-20H2,1H3,(H,32,33)/b23-13-. The van der Waals surface area contributed by atoms with Crippen LogP contribution in [-0.4, -0.2) is 49.2 Å². The molecular formula is C29H34FN5O. The van der Waals surface area contributed by atoms with Gasteiger partial charge in [-0.05, 0) is 57.0 Å².